The summed E-state index contributed by atoms with van der Waals surface area (Å²) < 4.78 is 5.11. The molecule has 2 saturated carbocycles. The molecular formula is C17H32O2. The van der Waals surface area contributed by atoms with Crippen molar-refractivity contribution < 1.29 is 12.4 Å². The molecule has 0 radical (unpaired) electrons. The molecule has 0 bridgehead atoms. The van der Waals surface area contributed by atoms with Crippen LogP contribution in [-0.4, -0.2) is 5.97 Å². The maximum absolute atomic E-state index is 11.8. The Morgan fingerprint density at radius 1 is 1.00 bits per heavy atom. The molecule has 0 aliphatic heterocycles. The molecule has 0 saturated heterocycles. The molecule has 2 fully saturated rings. The minimum absolute atomic E-state index is 0. The van der Waals surface area contributed by atoms with Gasteiger partial charge in [-0.3, -0.25) is 4.79 Å². The Morgan fingerprint density at radius 3 is 2.05 bits per heavy atom. The molecule has 19 heavy (non-hydrogen) atoms. The molecule has 0 atom stereocenters. The summed E-state index contributed by atoms with van der Waals surface area (Å²) in [4.78, 5) is 11.8. The Balaban J connectivity index is 0.00000200. The molecule has 2 aliphatic rings. The zero-order valence-corrected chi connectivity index (χ0v) is 12.4. The average Bonchev–Trinajstić information content (AvgIpc) is 2.46. The zero-order valence-electron chi connectivity index (χ0n) is 12.4. The second-order valence-corrected chi connectivity index (χ2v) is 6.54. The molecule has 2 aliphatic carbocycles. The van der Waals surface area contributed by atoms with Gasteiger partial charge < -0.3 is 4.74 Å². The van der Waals surface area contributed by atoms with Gasteiger partial charge in [0.1, 0.15) is 0 Å². The molecule has 112 valence electrons. The van der Waals surface area contributed by atoms with Crippen LogP contribution < -0.4 is 0 Å². The highest BCUT2D eigenvalue weighted by atomic mass is 16.5. The minimum atomic E-state index is -0.0196. The molecule has 0 heterocycles. The van der Waals surface area contributed by atoms with Crippen LogP contribution in [0.25, 0.3) is 0 Å². The monoisotopic (exact) mass is 268 g/mol. The highest BCUT2D eigenvalue weighted by molar-refractivity contribution is 5.73. The lowest BCUT2D eigenvalue weighted by Gasteiger charge is -2.36. The van der Waals surface area contributed by atoms with Crippen LogP contribution in [0, 0.1) is 23.7 Å². The molecule has 0 aromatic carbocycles. The van der Waals surface area contributed by atoms with Crippen molar-refractivity contribution in [3.05, 3.63) is 12.3 Å². The van der Waals surface area contributed by atoms with Gasteiger partial charge in [0.25, 0.3) is 0 Å². The SMILES string of the molecule is CC=COC(=O)C1CCC(C2CCC(C)CC2)CC1.[HH].[HH]. The van der Waals surface area contributed by atoms with Crippen molar-refractivity contribution in [1.82, 2.24) is 0 Å². The van der Waals surface area contributed by atoms with Crippen LogP contribution in [0.5, 0.6) is 0 Å². The molecule has 2 heteroatoms. The lowest BCUT2D eigenvalue weighted by Crippen LogP contribution is -2.28. The number of esters is 1. The second-order valence-electron chi connectivity index (χ2n) is 6.54. The summed E-state index contributed by atoms with van der Waals surface area (Å²) in [6.45, 7) is 4.25. The Labute approximate surface area is 120 Å². The van der Waals surface area contributed by atoms with Gasteiger partial charge in [-0.05, 0) is 63.2 Å². The zero-order chi connectivity index (χ0) is 13.7. The first-order valence-electron chi connectivity index (χ1n) is 8.02. The van der Waals surface area contributed by atoms with Crippen LogP contribution in [0.3, 0.4) is 0 Å². The van der Waals surface area contributed by atoms with Gasteiger partial charge in [0.15, 0.2) is 0 Å². The van der Waals surface area contributed by atoms with Crippen molar-refractivity contribution in [3.8, 4) is 0 Å². The van der Waals surface area contributed by atoms with Crippen LogP contribution in [0.15, 0.2) is 12.3 Å². The fraction of sp³-hybridized carbons (Fsp3) is 0.824. The Morgan fingerprint density at radius 2 is 1.53 bits per heavy atom. The molecule has 0 aromatic heterocycles. The Bertz CT molecular complexity index is 315. The maximum atomic E-state index is 11.8. The van der Waals surface area contributed by atoms with Crippen molar-refractivity contribution in [2.24, 2.45) is 23.7 Å². The van der Waals surface area contributed by atoms with Gasteiger partial charge in [0.2, 0.25) is 0 Å². The summed E-state index contributed by atoms with van der Waals surface area (Å²) in [5, 5.41) is 0. The molecule has 0 aromatic rings. The standard InChI is InChI=1S/C17H28O2.2H2/c1-3-12-19-17(18)16-10-8-15(9-11-16)14-6-4-13(2)5-7-14;;/h3,12-16H,4-11H2,1-2H3;2*1H. The van der Waals surface area contributed by atoms with E-state index in [0.717, 1.165) is 30.6 Å². The van der Waals surface area contributed by atoms with Crippen LogP contribution in [0.1, 0.15) is 68.1 Å². The predicted octanol–water partition coefficient (Wildman–Crippen LogP) is 5.19. The van der Waals surface area contributed by atoms with Gasteiger partial charge in [-0.25, -0.2) is 0 Å². The molecule has 0 N–H and O–H groups in total. The second kappa shape index (κ2) is 7.12. The van der Waals surface area contributed by atoms with E-state index >= 15 is 0 Å². The fourth-order valence-corrected chi connectivity index (χ4v) is 3.81. The number of hydrogen-bond acceptors (Lipinski definition) is 2. The van der Waals surface area contributed by atoms with E-state index in [-0.39, 0.29) is 14.7 Å². The number of rotatable bonds is 3. The summed E-state index contributed by atoms with van der Waals surface area (Å²) in [7, 11) is 0. The van der Waals surface area contributed by atoms with Crippen LogP contribution in [-0.2, 0) is 9.53 Å². The van der Waals surface area contributed by atoms with Crippen molar-refractivity contribution in [2.75, 3.05) is 0 Å². The lowest BCUT2D eigenvalue weighted by atomic mass is 9.69. The highest BCUT2D eigenvalue weighted by Gasteiger charge is 2.32. The fourth-order valence-electron chi connectivity index (χ4n) is 3.81. The number of hydrogen-bond donors (Lipinski definition) is 0. The summed E-state index contributed by atoms with van der Waals surface area (Å²) >= 11 is 0. The van der Waals surface area contributed by atoms with E-state index in [9.17, 15) is 4.79 Å². The van der Waals surface area contributed by atoms with E-state index in [1.54, 1.807) is 6.08 Å². The van der Waals surface area contributed by atoms with Crippen LogP contribution in [0.4, 0.5) is 0 Å². The number of ether oxygens (including phenoxy) is 1. The van der Waals surface area contributed by atoms with E-state index in [0.29, 0.717) is 0 Å². The average molecular weight is 268 g/mol. The van der Waals surface area contributed by atoms with E-state index in [1.165, 1.54) is 44.8 Å². The van der Waals surface area contributed by atoms with Crippen LogP contribution >= 0.6 is 0 Å². The Hall–Kier alpha value is -0.790. The summed E-state index contributed by atoms with van der Waals surface area (Å²) in [5.41, 5.74) is 0. The van der Waals surface area contributed by atoms with Crippen LogP contribution in [0.2, 0.25) is 0 Å². The molecule has 0 amide bonds. The molecule has 0 unspecified atom stereocenters. The first kappa shape index (κ1) is 14.6. The molecule has 0 spiro atoms. The van der Waals surface area contributed by atoms with E-state index in [2.05, 4.69) is 6.92 Å². The molecule has 2 nitrogen and oxygen atoms in total. The number of allylic oxidation sites excluding steroid dienone is 1. The van der Waals surface area contributed by atoms with Gasteiger partial charge in [0.05, 0.1) is 12.2 Å². The smallest absolute Gasteiger partial charge is 0.313 e. The van der Waals surface area contributed by atoms with Gasteiger partial charge in [-0.1, -0.05) is 25.8 Å². The molecule has 2 rings (SSSR count). The van der Waals surface area contributed by atoms with Gasteiger partial charge in [-0.15, -0.1) is 0 Å². The van der Waals surface area contributed by atoms with Crippen molar-refractivity contribution in [3.63, 3.8) is 0 Å². The predicted molar refractivity (Wildman–Crippen MR) is 81.7 cm³/mol. The third kappa shape index (κ3) is 4.09. The molecular weight excluding hydrogens is 236 g/mol. The van der Waals surface area contributed by atoms with Gasteiger partial charge in [-0.2, -0.15) is 0 Å². The van der Waals surface area contributed by atoms with Crippen molar-refractivity contribution >= 4 is 5.97 Å². The normalized spacial score (nSPS) is 36.3. The Kier molecular flexibility index (Phi) is 5.47. The third-order valence-electron chi connectivity index (χ3n) is 5.15. The van der Waals surface area contributed by atoms with E-state index in [1.807, 2.05) is 6.92 Å². The quantitative estimate of drug-likeness (QED) is 0.520. The number of carbonyl (C=O) groups is 1. The van der Waals surface area contributed by atoms with E-state index in [4.69, 9.17) is 4.74 Å². The van der Waals surface area contributed by atoms with E-state index < -0.39 is 0 Å². The van der Waals surface area contributed by atoms with Crippen molar-refractivity contribution in [2.45, 2.75) is 65.2 Å². The minimum Gasteiger partial charge on any atom is -0.435 e. The van der Waals surface area contributed by atoms with Crippen molar-refractivity contribution in [1.29, 1.82) is 0 Å². The first-order chi connectivity index (χ1) is 9.20. The largest absolute Gasteiger partial charge is 0.435 e. The summed E-state index contributed by atoms with van der Waals surface area (Å²) in [5.74, 6) is 2.87. The highest BCUT2D eigenvalue weighted by Crippen LogP contribution is 2.41. The van der Waals surface area contributed by atoms with Gasteiger partial charge >= 0.3 is 5.97 Å². The lowest BCUT2D eigenvalue weighted by molar-refractivity contribution is -0.144. The van der Waals surface area contributed by atoms with Gasteiger partial charge in [0, 0.05) is 2.85 Å². The first-order valence-corrected chi connectivity index (χ1v) is 8.02. The summed E-state index contributed by atoms with van der Waals surface area (Å²) in [6.07, 6.45) is 13.5. The summed E-state index contributed by atoms with van der Waals surface area (Å²) in [6, 6.07) is 0. The third-order valence-corrected chi connectivity index (χ3v) is 5.15. The topological polar surface area (TPSA) is 26.3 Å². The number of carbonyl (C=O) groups excluding carboxylic acids is 1. The maximum Gasteiger partial charge on any atom is 0.313 e.